The van der Waals surface area contributed by atoms with Crippen molar-refractivity contribution in [3.63, 3.8) is 0 Å². The van der Waals surface area contributed by atoms with Crippen LogP contribution < -0.4 is 25.2 Å². The summed E-state index contributed by atoms with van der Waals surface area (Å²) in [5.74, 6) is 2.09. The highest BCUT2D eigenvalue weighted by molar-refractivity contribution is 5.66. The Bertz CT molecular complexity index is 1070. The first kappa shape index (κ1) is 17.8. The van der Waals surface area contributed by atoms with E-state index in [1.807, 2.05) is 0 Å². The third-order valence-electron chi connectivity index (χ3n) is 6.53. The smallest absolute Gasteiger partial charge is 0.231 e. The zero-order chi connectivity index (χ0) is 20.1. The maximum Gasteiger partial charge on any atom is 0.231 e. The molecule has 0 saturated carbocycles. The standard InChI is InChI=1S/C25H25N3O2/c1-16-7-9-18(10-8-16)24-20-14-28(13-17-5-3-2-4-6-17)21-12-23-22(29-15-30-23)11-19(21)25(20)27-26-24/h2-12,20,24-27H,13-15H2,1H3. The number of hydrazine groups is 1. The summed E-state index contributed by atoms with van der Waals surface area (Å²) in [4.78, 5) is 2.49. The van der Waals surface area contributed by atoms with E-state index >= 15 is 0 Å². The van der Waals surface area contributed by atoms with Gasteiger partial charge in [0.1, 0.15) is 0 Å². The van der Waals surface area contributed by atoms with E-state index in [4.69, 9.17) is 9.47 Å². The van der Waals surface area contributed by atoms with E-state index in [9.17, 15) is 0 Å². The predicted octanol–water partition coefficient (Wildman–Crippen LogP) is 4.25. The van der Waals surface area contributed by atoms with Crippen LogP contribution in [0.2, 0.25) is 0 Å². The molecule has 3 unspecified atom stereocenters. The van der Waals surface area contributed by atoms with Crippen LogP contribution in [0.15, 0.2) is 66.7 Å². The van der Waals surface area contributed by atoms with E-state index in [0.717, 1.165) is 24.6 Å². The van der Waals surface area contributed by atoms with Gasteiger partial charge in [0, 0.05) is 30.8 Å². The summed E-state index contributed by atoms with van der Waals surface area (Å²) in [7, 11) is 0. The molecule has 30 heavy (non-hydrogen) atoms. The maximum atomic E-state index is 5.70. The highest BCUT2D eigenvalue weighted by Gasteiger charge is 2.44. The molecule has 3 atom stereocenters. The second kappa shape index (κ2) is 7.04. The van der Waals surface area contributed by atoms with Crippen LogP contribution in [0.25, 0.3) is 0 Å². The predicted molar refractivity (Wildman–Crippen MR) is 116 cm³/mol. The number of hydrogen-bond acceptors (Lipinski definition) is 5. The summed E-state index contributed by atoms with van der Waals surface area (Å²) >= 11 is 0. The number of aryl methyl sites for hydroxylation is 1. The van der Waals surface area contributed by atoms with Gasteiger partial charge < -0.3 is 14.4 Å². The molecule has 0 aromatic heterocycles. The zero-order valence-corrected chi connectivity index (χ0v) is 17.0. The Labute approximate surface area is 176 Å². The van der Waals surface area contributed by atoms with Crippen molar-refractivity contribution in [2.24, 2.45) is 5.92 Å². The Morgan fingerprint density at radius 1 is 0.900 bits per heavy atom. The molecule has 0 bridgehead atoms. The van der Waals surface area contributed by atoms with E-state index in [1.165, 1.54) is 27.9 Å². The summed E-state index contributed by atoms with van der Waals surface area (Å²) in [5.41, 5.74) is 13.6. The topological polar surface area (TPSA) is 45.8 Å². The average Bonchev–Trinajstić information content (AvgIpc) is 3.40. The Kier molecular flexibility index (Phi) is 4.18. The van der Waals surface area contributed by atoms with Crippen molar-refractivity contribution in [2.75, 3.05) is 18.2 Å². The van der Waals surface area contributed by atoms with Gasteiger partial charge >= 0.3 is 0 Å². The number of fused-ring (bicyclic) bond motifs is 4. The van der Waals surface area contributed by atoms with Gasteiger partial charge in [-0.3, -0.25) is 0 Å². The van der Waals surface area contributed by atoms with Crippen molar-refractivity contribution < 1.29 is 9.47 Å². The molecule has 3 aromatic rings. The molecule has 3 aliphatic heterocycles. The van der Waals surface area contributed by atoms with Crippen LogP contribution in [0.4, 0.5) is 5.69 Å². The Balaban J connectivity index is 1.40. The number of benzene rings is 3. The number of hydrogen-bond donors (Lipinski definition) is 2. The van der Waals surface area contributed by atoms with Gasteiger partial charge in [-0.2, -0.15) is 0 Å². The van der Waals surface area contributed by atoms with Crippen LogP contribution >= 0.6 is 0 Å². The molecule has 1 fully saturated rings. The van der Waals surface area contributed by atoms with Gasteiger partial charge in [-0.05, 0) is 29.7 Å². The van der Waals surface area contributed by atoms with Crippen molar-refractivity contribution in [3.8, 4) is 11.5 Å². The summed E-state index contributed by atoms with van der Waals surface area (Å²) in [6, 6.07) is 24.4. The second-order valence-corrected chi connectivity index (χ2v) is 8.45. The van der Waals surface area contributed by atoms with Crippen LogP contribution in [-0.4, -0.2) is 13.3 Å². The fourth-order valence-electron chi connectivity index (χ4n) is 4.99. The Hall–Kier alpha value is -3.02. The van der Waals surface area contributed by atoms with Crippen LogP contribution in [0, 0.1) is 12.8 Å². The van der Waals surface area contributed by atoms with Crippen molar-refractivity contribution in [1.29, 1.82) is 0 Å². The largest absolute Gasteiger partial charge is 0.454 e. The van der Waals surface area contributed by atoms with E-state index < -0.39 is 0 Å². The van der Waals surface area contributed by atoms with Gasteiger partial charge in [0.15, 0.2) is 11.5 Å². The van der Waals surface area contributed by atoms with E-state index in [0.29, 0.717) is 12.7 Å². The highest BCUT2D eigenvalue weighted by atomic mass is 16.7. The molecule has 0 amide bonds. The van der Waals surface area contributed by atoms with Gasteiger partial charge in [0.25, 0.3) is 0 Å². The third kappa shape index (κ3) is 2.93. The maximum absolute atomic E-state index is 5.70. The number of nitrogens with one attached hydrogen (secondary N) is 2. The number of ether oxygens (including phenoxy) is 2. The van der Waals surface area contributed by atoms with Gasteiger partial charge in [0.2, 0.25) is 6.79 Å². The number of anilines is 1. The van der Waals surface area contributed by atoms with Gasteiger partial charge in [-0.1, -0.05) is 60.2 Å². The third-order valence-corrected chi connectivity index (χ3v) is 6.53. The summed E-state index contributed by atoms with van der Waals surface area (Å²) in [6.07, 6.45) is 0. The zero-order valence-electron chi connectivity index (χ0n) is 17.0. The molecule has 3 aliphatic rings. The minimum atomic E-state index is 0.229. The minimum Gasteiger partial charge on any atom is -0.454 e. The van der Waals surface area contributed by atoms with Crippen LogP contribution in [0.3, 0.4) is 0 Å². The lowest BCUT2D eigenvalue weighted by Crippen LogP contribution is -2.39. The SMILES string of the molecule is Cc1ccc(C2NNC3c4cc5c(cc4N(Cc4ccccc4)CC23)OCO5)cc1. The summed E-state index contributed by atoms with van der Waals surface area (Å²) in [6.45, 7) is 4.26. The monoisotopic (exact) mass is 399 g/mol. The molecule has 5 heteroatoms. The molecule has 1 saturated heterocycles. The van der Waals surface area contributed by atoms with Crippen LogP contribution in [0.5, 0.6) is 11.5 Å². The van der Waals surface area contributed by atoms with Crippen LogP contribution in [0.1, 0.15) is 34.3 Å². The molecule has 5 nitrogen and oxygen atoms in total. The Morgan fingerprint density at radius 2 is 1.63 bits per heavy atom. The lowest BCUT2D eigenvalue weighted by Gasteiger charge is -2.39. The fourth-order valence-corrected chi connectivity index (χ4v) is 4.99. The first-order valence-corrected chi connectivity index (χ1v) is 10.6. The number of nitrogens with zero attached hydrogens (tertiary/aromatic N) is 1. The summed E-state index contributed by atoms with van der Waals surface area (Å²) in [5, 5.41) is 0. The summed E-state index contributed by atoms with van der Waals surface area (Å²) < 4.78 is 11.4. The van der Waals surface area contributed by atoms with E-state index in [-0.39, 0.29) is 12.1 Å². The second-order valence-electron chi connectivity index (χ2n) is 8.45. The molecule has 3 aromatic carbocycles. The average molecular weight is 399 g/mol. The highest BCUT2D eigenvalue weighted by Crippen LogP contribution is 2.49. The van der Waals surface area contributed by atoms with Gasteiger partial charge in [-0.25, -0.2) is 10.9 Å². The molecular formula is C25H25N3O2. The Morgan fingerprint density at radius 3 is 2.43 bits per heavy atom. The lowest BCUT2D eigenvalue weighted by atomic mass is 9.81. The fraction of sp³-hybridized carbons (Fsp3) is 0.280. The van der Waals surface area contributed by atoms with Crippen molar-refractivity contribution in [1.82, 2.24) is 10.9 Å². The molecule has 152 valence electrons. The molecule has 6 rings (SSSR count). The van der Waals surface area contributed by atoms with Crippen LogP contribution in [-0.2, 0) is 6.54 Å². The first-order valence-electron chi connectivity index (χ1n) is 10.6. The van der Waals surface area contributed by atoms with E-state index in [2.05, 4.69) is 89.4 Å². The molecular weight excluding hydrogens is 374 g/mol. The quantitative estimate of drug-likeness (QED) is 0.689. The minimum absolute atomic E-state index is 0.229. The lowest BCUT2D eigenvalue weighted by molar-refractivity contribution is 0.174. The molecule has 0 spiro atoms. The van der Waals surface area contributed by atoms with Gasteiger partial charge in [0.05, 0.1) is 12.1 Å². The first-order chi connectivity index (χ1) is 14.8. The van der Waals surface area contributed by atoms with Gasteiger partial charge in [-0.15, -0.1) is 0 Å². The van der Waals surface area contributed by atoms with Crippen molar-refractivity contribution in [3.05, 3.63) is 89.0 Å². The molecule has 2 N–H and O–H groups in total. The molecule has 0 radical (unpaired) electrons. The number of rotatable bonds is 3. The molecule has 0 aliphatic carbocycles. The normalized spacial score (nSPS) is 23.9. The molecule has 3 heterocycles. The van der Waals surface area contributed by atoms with E-state index in [1.54, 1.807) is 0 Å². The van der Waals surface area contributed by atoms with Crippen molar-refractivity contribution in [2.45, 2.75) is 25.6 Å². The van der Waals surface area contributed by atoms with Crippen molar-refractivity contribution >= 4 is 5.69 Å².